The number of para-hydroxylation sites is 2. The molecule has 2 N–H and O–H groups in total. The molecule has 0 radical (unpaired) electrons. The Bertz CT molecular complexity index is 1250. The Balaban J connectivity index is 1.82. The van der Waals surface area contributed by atoms with Gasteiger partial charge in [-0.1, -0.05) is 24.3 Å². The number of oxazole rings is 1. The molecule has 0 saturated heterocycles. The van der Waals surface area contributed by atoms with Crippen molar-refractivity contribution in [3.05, 3.63) is 54.7 Å². The Labute approximate surface area is 161 Å². The third-order valence-corrected chi connectivity index (χ3v) is 6.02. The van der Waals surface area contributed by atoms with Crippen LogP contribution in [0.2, 0.25) is 0 Å². The lowest BCUT2D eigenvalue weighted by atomic mass is 10.1. The predicted molar refractivity (Wildman–Crippen MR) is 106 cm³/mol. The van der Waals surface area contributed by atoms with Gasteiger partial charge in [0.2, 0.25) is 15.9 Å². The maximum absolute atomic E-state index is 12.4. The number of fused-ring (bicyclic) bond motifs is 1. The molecule has 0 bridgehead atoms. The number of benzene rings is 2. The van der Waals surface area contributed by atoms with Crippen LogP contribution in [0, 0.1) is 0 Å². The lowest BCUT2D eigenvalue weighted by Gasteiger charge is -2.12. The molecule has 8 nitrogen and oxygen atoms in total. The predicted octanol–water partition coefficient (Wildman–Crippen LogP) is 2.78. The molecule has 0 fully saturated rings. The zero-order chi connectivity index (χ0) is 19.9. The zero-order valence-corrected chi connectivity index (χ0v) is 16.0. The van der Waals surface area contributed by atoms with Crippen molar-refractivity contribution in [1.29, 1.82) is 0 Å². The third-order valence-electron chi connectivity index (χ3n) is 4.21. The molecule has 28 heavy (non-hydrogen) atoms. The van der Waals surface area contributed by atoms with E-state index in [9.17, 15) is 8.42 Å². The van der Waals surface area contributed by atoms with E-state index < -0.39 is 10.0 Å². The Morgan fingerprint density at radius 3 is 2.57 bits per heavy atom. The largest absolute Gasteiger partial charge is 0.435 e. The summed E-state index contributed by atoms with van der Waals surface area (Å²) in [6.45, 7) is 0. The summed E-state index contributed by atoms with van der Waals surface area (Å²) >= 11 is 0. The van der Waals surface area contributed by atoms with Gasteiger partial charge in [0.15, 0.2) is 17.1 Å². The van der Waals surface area contributed by atoms with Crippen LogP contribution >= 0.6 is 0 Å². The van der Waals surface area contributed by atoms with E-state index >= 15 is 0 Å². The summed E-state index contributed by atoms with van der Waals surface area (Å²) in [6, 6.07) is 13.8. The van der Waals surface area contributed by atoms with Crippen LogP contribution in [0.5, 0.6) is 0 Å². The zero-order valence-electron chi connectivity index (χ0n) is 15.2. The monoisotopic (exact) mass is 395 g/mol. The second-order valence-corrected chi connectivity index (χ2v) is 8.44. The number of anilines is 1. The highest BCUT2D eigenvalue weighted by Crippen LogP contribution is 2.29. The molecule has 4 rings (SSSR count). The molecular formula is C19H17N5O3S. The molecule has 2 aromatic heterocycles. The first-order valence-electron chi connectivity index (χ1n) is 8.38. The molecule has 0 aliphatic carbocycles. The summed E-state index contributed by atoms with van der Waals surface area (Å²) in [7, 11) is -0.601. The fraction of sp³-hybridized carbons (Fsp3) is 0.105. The molecule has 2 heterocycles. The van der Waals surface area contributed by atoms with Crippen LogP contribution in [0.1, 0.15) is 0 Å². The van der Waals surface area contributed by atoms with E-state index in [-0.39, 0.29) is 16.6 Å². The van der Waals surface area contributed by atoms with Gasteiger partial charge in [-0.05, 0) is 24.3 Å². The second-order valence-electron chi connectivity index (χ2n) is 6.29. The van der Waals surface area contributed by atoms with E-state index in [0.717, 1.165) is 4.31 Å². The maximum atomic E-state index is 12.4. The molecule has 0 unspecified atom stereocenters. The van der Waals surface area contributed by atoms with Crippen LogP contribution < -0.4 is 5.73 Å². The normalized spacial score (nSPS) is 12.0. The Hall–Kier alpha value is -3.30. The van der Waals surface area contributed by atoms with Crippen molar-refractivity contribution in [3.63, 3.8) is 0 Å². The third kappa shape index (κ3) is 3.10. The molecule has 2 aromatic carbocycles. The number of aromatic nitrogens is 3. The molecule has 142 valence electrons. The van der Waals surface area contributed by atoms with Gasteiger partial charge in [0, 0.05) is 19.7 Å². The first kappa shape index (κ1) is 18.1. The van der Waals surface area contributed by atoms with Crippen molar-refractivity contribution in [1.82, 2.24) is 19.3 Å². The number of sulfonamides is 1. The van der Waals surface area contributed by atoms with Gasteiger partial charge in [0.1, 0.15) is 5.52 Å². The minimum atomic E-state index is -3.57. The lowest BCUT2D eigenvalue weighted by molar-refractivity contribution is 0.521. The van der Waals surface area contributed by atoms with Gasteiger partial charge in [0.25, 0.3) is 0 Å². The molecule has 0 saturated carbocycles. The van der Waals surface area contributed by atoms with Gasteiger partial charge in [-0.3, -0.25) is 0 Å². The van der Waals surface area contributed by atoms with Gasteiger partial charge >= 0.3 is 0 Å². The number of rotatable bonds is 4. The molecular weight excluding hydrogens is 378 g/mol. The summed E-state index contributed by atoms with van der Waals surface area (Å²) in [5.74, 6) is 0.428. The van der Waals surface area contributed by atoms with Gasteiger partial charge in [0.05, 0.1) is 16.8 Å². The highest BCUT2D eigenvalue weighted by molar-refractivity contribution is 7.89. The maximum Gasteiger partial charge on any atom is 0.250 e. The number of nitrogen functional groups attached to an aromatic ring is 1. The molecule has 0 amide bonds. The van der Waals surface area contributed by atoms with Crippen molar-refractivity contribution in [2.24, 2.45) is 0 Å². The first-order chi connectivity index (χ1) is 13.4. The summed E-state index contributed by atoms with van der Waals surface area (Å²) < 4.78 is 31.7. The van der Waals surface area contributed by atoms with Crippen molar-refractivity contribution in [2.45, 2.75) is 4.90 Å². The first-order valence-corrected chi connectivity index (χ1v) is 9.82. The molecule has 4 aromatic rings. The second kappa shape index (κ2) is 6.70. The fourth-order valence-corrected chi connectivity index (χ4v) is 3.64. The topological polar surface area (TPSA) is 115 Å². The average Bonchev–Trinajstić information content (AvgIpc) is 3.12. The van der Waals surface area contributed by atoms with Gasteiger partial charge in [-0.25, -0.2) is 27.7 Å². The highest BCUT2D eigenvalue weighted by atomic mass is 32.2. The van der Waals surface area contributed by atoms with Crippen molar-refractivity contribution in [2.75, 3.05) is 19.8 Å². The van der Waals surface area contributed by atoms with Crippen LogP contribution in [0.3, 0.4) is 0 Å². The smallest absolute Gasteiger partial charge is 0.250 e. The van der Waals surface area contributed by atoms with Gasteiger partial charge in [-0.2, -0.15) is 0 Å². The van der Waals surface area contributed by atoms with Crippen LogP contribution in [0.25, 0.3) is 33.9 Å². The molecule has 9 heteroatoms. The quantitative estimate of drug-likeness (QED) is 0.565. The Kier molecular flexibility index (Phi) is 4.33. The van der Waals surface area contributed by atoms with E-state index in [1.165, 1.54) is 26.4 Å². The van der Waals surface area contributed by atoms with E-state index in [1.807, 2.05) is 18.2 Å². The van der Waals surface area contributed by atoms with Crippen molar-refractivity contribution >= 4 is 26.9 Å². The van der Waals surface area contributed by atoms with Crippen LogP contribution in [-0.2, 0) is 10.0 Å². The highest BCUT2D eigenvalue weighted by Gasteiger charge is 2.19. The van der Waals surface area contributed by atoms with Crippen LogP contribution in [-0.4, -0.2) is 41.8 Å². The number of hydrogen-bond donors (Lipinski definition) is 1. The summed E-state index contributed by atoms with van der Waals surface area (Å²) in [5.41, 5.74) is 8.63. The van der Waals surface area contributed by atoms with Gasteiger partial charge in [-0.15, -0.1) is 0 Å². The fourth-order valence-electron chi connectivity index (χ4n) is 2.70. The SMILES string of the molecule is CN(C)S(=O)(=O)c1cccc(-c2cnc(N)c(-c3nc4ccccc4o3)n2)c1. The minimum Gasteiger partial charge on any atom is -0.435 e. The van der Waals surface area contributed by atoms with Crippen LogP contribution in [0.4, 0.5) is 5.82 Å². The van der Waals surface area contributed by atoms with E-state index in [2.05, 4.69) is 15.0 Å². The molecule has 0 spiro atoms. The minimum absolute atomic E-state index is 0.164. The number of nitrogens with two attached hydrogens (primary N) is 1. The van der Waals surface area contributed by atoms with E-state index in [1.54, 1.807) is 24.3 Å². The number of hydrogen-bond acceptors (Lipinski definition) is 7. The van der Waals surface area contributed by atoms with Crippen molar-refractivity contribution in [3.8, 4) is 22.8 Å². The Morgan fingerprint density at radius 1 is 1.04 bits per heavy atom. The average molecular weight is 395 g/mol. The van der Waals surface area contributed by atoms with Gasteiger partial charge < -0.3 is 10.2 Å². The summed E-state index contributed by atoms with van der Waals surface area (Å²) in [5, 5.41) is 0. The van der Waals surface area contributed by atoms with Crippen LogP contribution in [0.15, 0.2) is 64.0 Å². The standard InChI is InChI=1S/C19H17N5O3S/c1-24(2)28(25,26)13-7-5-6-12(10-13)15-11-21-18(20)17(22-15)19-23-14-8-3-4-9-16(14)27-19/h3-11H,1-2H3,(H2,20,21). The molecule has 0 aliphatic rings. The molecule has 0 aliphatic heterocycles. The Morgan fingerprint density at radius 2 is 1.82 bits per heavy atom. The van der Waals surface area contributed by atoms with Crippen molar-refractivity contribution < 1.29 is 12.8 Å². The van der Waals surface area contributed by atoms with E-state index in [4.69, 9.17) is 10.2 Å². The molecule has 0 atom stereocenters. The summed E-state index contributed by atoms with van der Waals surface area (Å²) in [4.78, 5) is 13.3. The summed E-state index contributed by atoms with van der Waals surface area (Å²) in [6.07, 6.45) is 1.49. The number of nitrogens with zero attached hydrogens (tertiary/aromatic N) is 4. The van der Waals surface area contributed by atoms with E-state index in [0.29, 0.717) is 28.1 Å². The lowest BCUT2D eigenvalue weighted by Crippen LogP contribution is -2.22.